The Bertz CT molecular complexity index is 868. The Balaban J connectivity index is 2.05. The molecule has 1 fully saturated rings. The molecule has 1 aliphatic carbocycles. The van der Waals surface area contributed by atoms with Gasteiger partial charge in [-0.15, -0.1) is 0 Å². The monoisotopic (exact) mass is 385 g/mol. The lowest BCUT2D eigenvalue weighted by molar-refractivity contribution is -0.132. The summed E-state index contributed by atoms with van der Waals surface area (Å²) in [5.74, 6) is -1.11. The van der Waals surface area contributed by atoms with Crippen LogP contribution in [0.4, 0.5) is 0 Å². The van der Waals surface area contributed by atoms with Crippen LogP contribution in [0.25, 0.3) is 0 Å². The van der Waals surface area contributed by atoms with Crippen molar-refractivity contribution in [2.45, 2.75) is 6.92 Å². The van der Waals surface area contributed by atoms with Gasteiger partial charge < -0.3 is 19.4 Å². The SMILES string of the molecule is COCC(=O)N(C)C1=C(N2CCN(C(C)=O)CC2)C(=O)c2ccccc2C1=O. The number of rotatable bonds is 4. The molecule has 1 saturated heterocycles. The molecule has 1 aromatic carbocycles. The number of ether oxygens (including phenoxy) is 1. The first-order valence-corrected chi connectivity index (χ1v) is 9.05. The first kappa shape index (κ1) is 19.8. The summed E-state index contributed by atoms with van der Waals surface area (Å²) in [5.41, 5.74) is 0.874. The van der Waals surface area contributed by atoms with Crippen LogP contribution in [0, 0.1) is 0 Å². The summed E-state index contributed by atoms with van der Waals surface area (Å²) in [6, 6.07) is 6.61. The van der Waals surface area contributed by atoms with Crippen LogP contribution in [-0.4, -0.2) is 85.0 Å². The summed E-state index contributed by atoms with van der Waals surface area (Å²) in [4.78, 5) is 55.2. The van der Waals surface area contributed by atoms with Gasteiger partial charge in [0.1, 0.15) is 18.0 Å². The molecule has 0 N–H and O–H groups in total. The van der Waals surface area contributed by atoms with Crippen LogP contribution in [0.5, 0.6) is 0 Å². The molecule has 0 bridgehead atoms. The molecule has 1 aromatic rings. The smallest absolute Gasteiger partial charge is 0.252 e. The number of ketones is 2. The standard InChI is InChI=1S/C20H23N3O5/c1-13(24)22-8-10-23(11-9-22)18-17(21(2)16(25)12-28-3)19(26)14-6-4-5-7-15(14)20(18)27/h4-7H,8-12H2,1-3H3. The molecule has 1 aliphatic heterocycles. The number of carbonyl (C=O) groups is 4. The number of piperazine rings is 1. The van der Waals surface area contributed by atoms with E-state index in [9.17, 15) is 19.2 Å². The molecular weight excluding hydrogens is 362 g/mol. The van der Waals surface area contributed by atoms with E-state index in [1.54, 1.807) is 34.1 Å². The van der Waals surface area contributed by atoms with Gasteiger partial charge >= 0.3 is 0 Å². The predicted octanol–water partition coefficient (Wildman–Crippen LogP) is 0.546. The summed E-state index contributed by atoms with van der Waals surface area (Å²) in [5, 5.41) is 0. The fourth-order valence-electron chi connectivity index (χ4n) is 3.54. The Labute approximate surface area is 163 Å². The van der Waals surface area contributed by atoms with Crippen molar-refractivity contribution in [3.8, 4) is 0 Å². The second kappa shape index (κ2) is 7.93. The van der Waals surface area contributed by atoms with E-state index in [1.165, 1.54) is 26.0 Å². The molecule has 0 unspecified atom stereocenters. The number of nitrogens with zero attached hydrogens (tertiary/aromatic N) is 3. The molecule has 0 atom stereocenters. The van der Waals surface area contributed by atoms with Crippen LogP contribution in [0.1, 0.15) is 27.6 Å². The van der Waals surface area contributed by atoms with E-state index in [0.717, 1.165) is 0 Å². The zero-order chi connectivity index (χ0) is 20.4. The van der Waals surface area contributed by atoms with E-state index in [2.05, 4.69) is 0 Å². The normalized spacial score (nSPS) is 17.0. The minimum atomic E-state index is -0.419. The van der Waals surface area contributed by atoms with Crippen molar-refractivity contribution in [2.75, 3.05) is 46.9 Å². The van der Waals surface area contributed by atoms with E-state index in [1.807, 2.05) is 0 Å². The van der Waals surface area contributed by atoms with Gasteiger partial charge in [0.05, 0.1) is 0 Å². The molecule has 2 amide bonds. The van der Waals surface area contributed by atoms with E-state index in [4.69, 9.17) is 4.74 Å². The van der Waals surface area contributed by atoms with Crippen molar-refractivity contribution < 1.29 is 23.9 Å². The van der Waals surface area contributed by atoms with Gasteiger partial charge in [-0.1, -0.05) is 24.3 Å². The minimum absolute atomic E-state index is 0.0300. The highest BCUT2D eigenvalue weighted by Gasteiger charge is 2.39. The number of benzene rings is 1. The zero-order valence-corrected chi connectivity index (χ0v) is 16.2. The summed E-state index contributed by atoms with van der Waals surface area (Å²) in [6.07, 6.45) is 0. The van der Waals surface area contributed by atoms with Crippen LogP contribution in [-0.2, 0) is 14.3 Å². The molecule has 0 saturated carbocycles. The molecule has 3 rings (SSSR count). The lowest BCUT2D eigenvalue weighted by Crippen LogP contribution is -2.50. The molecule has 0 aromatic heterocycles. The lowest BCUT2D eigenvalue weighted by atomic mass is 9.89. The Morgan fingerprint density at radius 1 is 1.04 bits per heavy atom. The van der Waals surface area contributed by atoms with Gasteiger partial charge in [-0.25, -0.2) is 0 Å². The molecule has 0 radical (unpaired) electrons. The number of carbonyl (C=O) groups excluding carboxylic acids is 4. The molecule has 28 heavy (non-hydrogen) atoms. The lowest BCUT2D eigenvalue weighted by Gasteiger charge is -2.39. The first-order chi connectivity index (χ1) is 13.4. The third-order valence-electron chi connectivity index (χ3n) is 5.09. The molecule has 8 nitrogen and oxygen atoms in total. The number of Topliss-reactive ketones (excluding diaryl/α,β-unsaturated/α-hetero) is 2. The van der Waals surface area contributed by atoms with Crippen LogP contribution in [0.3, 0.4) is 0 Å². The highest BCUT2D eigenvalue weighted by atomic mass is 16.5. The molecular formula is C20H23N3O5. The molecule has 8 heteroatoms. The van der Waals surface area contributed by atoms with Crippen LogP contribution >= 0.6 is 0 Å². The summed E-state index contributed by atoms with van der Waals surface area (Å²) in [6.45, 7) is 3.02. The first-order valence-electron chi connectivity index (χ1n) is 9.05. The molecule has 2 aliphatic rings. The van der Waals surface area contributed by atoms with Gasteiger partial charge in [-0.3, -0.25) is 19.2 Å². The van der Waals surface area contributed by atoms with Gasteiger partial charge in [0.25, 0.3) is 5.91 Å². The van der Waals surface area contributed by atoms with Gasteiger partial charge in [-0.2, -0.15) is 0 Å². The molecule has 0 spiro atoms. The summed E-state index contributed by atoms with van der Waals surface area (Å²) >= 11 is 0. The maximum absolute atomic E-state index is 13.3. The Morgan fingerprint density at radius 2 is 1.61 bits per heavy atom. The highest BCUT2D eigenvalue weighted by molar-refractivity contribution is 6.27. The van der Waals surface area contributed by atoms with Crippen molar-refractivity contribution in [1.29, 1.82) is 0 Å². The van der Waals surface area contributed by atoms with E-state index in [0.29, 0.717) is 31.7 Å². The number of hydrogen-bond donors (Lipinski definition) is 0. The zero-order valence-electron chi connectivity index (χ0n) is 16.2. The summed E-state index contributed by atoms with van der Waals surface area (Å²) < 4.78 is 4.90. The third kappa shape index (κ3) is 3.43. The van der Waals surface area contributed by atoms with Crippen molar-refractivity contribution in [3.63, 3.8) is 0 Å². The quantitative estimate of drug-likeness (QED) is 0.752. The van der Waals surface area contributed by atoms with E-state index >= 15 is 0 Å². The average molecular weight is 385 g/mol. The van der Waals surface area contributed by atoms with E-state index < -0.39 is 5.91 Å². The fourth-order valence-corrected chi connectivity index (χ4v) is 3.54. The maximum Gasteiger partial charge on any atom is 0.252 e. The van der Waals surface area contributed by atoms with Crippen LogP contribution in [0.2, 0.25) is 0 Å². The van der Waals surface area contributed by atoms with Crippen molar-refractivity contribution in [3.05, 3.63) is 46.8 Å². The molecule has 1 heterocycles. The average Bonchev–Trinajstić information content (AvgIpc) is 2.70. The van der Waals surface area contributed by atoms with Crippen molar-refractivity contribution in [1.82, 2.24) is 14.7 Å². The second-order valence-electron chi connectivity index (χ2n) is 6.78. The van der Waals surface area contributed by atoms with Gasteiger partial charge in [0.15, 0.2) is 0 Å². The number of amides is 2. The summed E-state index contributed by atoms with van der Waals surface area (Å²) in [7, 11) is 2.87. The van der Waals surface area contributed by atoms with Crippen molar-refractivity contribution in [2.24, 2.45) is 0 Å². The van der Waals surface area contributed by atoms with Crippen LogP contribution < -0.4 is 0 Å². The fraction of sp³-hybridized carbons (Fsp3) is 0.400. The molecule has 148 valence electrons. The van der Waals surface area contributed by atoms with Gasteiger partial charge in [0.2, 0.25) is 17.5 Å². The number of likely N-dealkylation sites (N-methyl/N-ethyl adjacent to an activating group) is 1. The second-order valence-corrected chi connectivity index (χ2v) is 6.78. The van der Waals surface area contributed by atoms with E-state index in [-0.39, 0.29) is 41.0 Å². The topological polar surface area (TPSA) is 87.2 Å². The van der Waals surface area contributed by atoms with Crippen molar-refractivity contribution >= 4 is 23.4 Å². The third-order valence-corrected chi connectivity index (χ3v) is 5.09. The number of allylic oxidation sites excluding steroid dienone is 2. The Morgan fingerprint density at radius 3 is 2.14 bits per heavy atom. The number of hydrogen-bond acceptors (Lipinski definition) is 6. The number of methoxy groups -OCH3 is 1. The maximum atomic E-state index is 13.3. The Hall–Kier alpha value is -3.00. The van der Waals surface area contributed by atoms with Gasteiger partial charge in [0, 0.05) is 58.4 Å². The predicted molar refractivity (Wildman–Crippen MR) is 101 cm³/mol. The largest absolute Gasteiger partial charge is 0.375 e. The Kier molecular flexibility index (Phi) is 5.60. The highest BCUT2D eigenvalue weighted by Crippen LogP contribution is 2.30. The minimum Gasteiger partial charge on any atom is -0.375 e. The number of fused-ring (bicyclic) bond motifs is 1. The van der Waals surface area contributed by atoms with Crippen LogP contribution in [0.15, 0.2) is 35.7 Å². The van der Waals surface area contributed by atoms with Gasteiger partial charge in [-0.05, 0) is 0 Å².